The monoisotopic (exact) mass is 562 g/mol. The van der Waals surface area contributed by atoms with Gasteiger partial charge in [0.25, 0.3) is 0 Å². The number of rotatable bonds is 6. The van der Waals surface area contributed by atoms with E-state index < -0.39 is 12.0 Å². The minimum absolute atomic E-state index is 0.270. The molecule has 5 nitrogen and oxygen atoms in total. The summed E-state index contributed by atoms with van der Waals surface area (Å²) in [6, 6.07) is 40.0. The van der Waals surface area contributed by atoms with Crippen LogP contribution in [0.3, 0.4) is 0 Å². The third-order valence-electron chi connectivity index (χ3n) is 8.43. The fourth-order valence-corrected chi connectivity index (χ4v) is 6.39. The van der Waals surface area contributed by atoms with Crippen molar-refractivity contribution >= 4 is 56.0 Å². The van der Waals surface area contributed by atoms with Gasteiger partial charge < -0.3 is 15.3 Å². The maximum absolute atomic E-state index is 14.1. The third-order valence-corrected chi connectivity index (χ3v) is 8.43. The van der Waals surface area contributed by atoms with Crippen LogP contribution in [-0.2, 0) is 16.0 Å². The van der Waals surface area contributed by atoms with Crippen LogP contribution in [0.25, 0.3) is 38.4 Å². The molecule has 0 fully saturated rings. The zero-order valence-corrected chi connectivity index (χ0v) is 23.5. The molecule has 0 spiro atoms. The normalized spacial score (nSPS) is 16.8. The van der Waals surface area contributed by atoms with Gasteiger partial charge >= 0.3 is 5.97 Å². The lowest BCUT2D eigenvalue weighted by atomic mass is 9.90. The maximum atomic E-state index is 14.1. The van der Waals surface area contributed by atoms with Gasteiger partial charge in [0.05, 0.1) is 12.5 Å². The van der Waals surface area contributed by atoms with Crippen molar-refractivity contribution in [1.29, 1.82) is 0 Å². The van der Waals surface area contributed by atoms with Gasteiger partial charge in [-0.2, -0.15) is 0 Å². The number of amides is 1. The van der Waals surface area contributed by atoms with E-state index in [4.69, 9.17) is 0 Å². The molecule has 1 heterocycles. The zero-order valence-electron chi connectivity index (χ0n) is 23.5. The summed E-state index contributed by atoms with van der Waals surface area (Å²) in [6.07, 6.45) is 3.97. The Morgan fingerprint density at radius 1 is 0.721 bits per heavy atom. The molecule has 2 atom stereocenters. The van der Waals surface area contributed by atoms with E-state index >= 15 is 0 Å². The average molecular weight is 563 g/mol. The van der Waals surface area contributed by atoms with Crippen LogP contribution in [0, 0.1) is 0 Å². The molecule has 6 aromatic rings. The molecule has 210 valence electrons. The highest BCUT2D eigenvalue weighted by Gasteiger charge is 2.36. The Morgan fingerprint density at radius 2 is 1.40 bits per heavy atom. The number of benzene rings is 6. The molecular formula is C38H30N2O3. The van der Waals surface area contributed by atoms with Crippen molar-refractivity contribution in [3.05, 3.63) is 144 Å². The number of hydrogen-bond acceptors (Lipinski definition) is 3. The second-order valence-corrected chi connectivity index (χ2v) is 11.0. The molecule has 0 aliphatic carbocycles. The first kappa shape index (κ1) is 26.5. The van der Waals surface area contributed by atoms with Gasteiger partial charge in [-0.1, -0.05) is 115 Å². The SMILES string of the molecule is O=C(O)CC1Nc2ccccc2C(Cc2cccc3c2ccc2c4ccccc4ccc32)N(C=Cc2ccccc2)C1=O. The van der Waals surface area contributed by atoms with E-state index in [1.807, 2.05) is 66.9 Å². The maximum Gasteiger partial charge on any atom is 0.305 e. The van der Waals surface area contributed by atoms with Crippen molar-refractivity contribution in [2.45, 2.75) is 24.9 Å². The first-order chi connectivity index (χ1) is 21.1. The van der Waals surface area contributed by atoms with E-state index in [-0.39, 0.29) is 18.4 Å². The highest BCUT2D eigenvalue weighted by Crippen LogP contribution is 2.38. The summed E-state index contributed by atoms with van der Waals surface area (Å²) >= 11 is 0. The highest BCUT2D eigenvalue weighted by atomic mass is 16.4. The van der Waals surface area contributed by atoms with Gasteiger partial charge in [-0.25, -0.2) is 0 Å². The van der Waals surface area contributed by atoms with Gasteiger partial charge in [0.15, 0.2) is 0 Å². The molecule has 1 aliphatic heterocycles. The molecule has 0 aromatic heterocycles. The molecule has 5 heteroatoms. The number of carbonyl (C=O) groups excluding carboxylic acids is 1. The molecule has 0 radical (unpaired) electrons. The van der Waals surface area contributed by atoms with E-state index in [2.05, 4.69) is 72.0 Å². The Labute approximate surface area is 249 Å². The van der Waals surface area contributed by atoms with E-state index in [1.54, 1.807) is 4.90 Å². The van der Waals surface area contributed by atoms with Crippen LogP contribution in [0.2, 0.25) is 0 Å². The van der Waals surface area contributed by atoms with Gasteiger partial charge in [0, 0.05) is 11.9 Å². The standard InChI is InChI=1S/C38H30N2O3/c41-37(42)24-35-38(43)40(22-21-25-9-2-1-3-10-25)36(33-14-6-7-16-34(33)39-35)23-27-12-8-15-30-29(27)19-20-31-28-13-5-4-11-26(28)17-18-32(30)31/h1-22,35-36,39H,23-24H2,(H,41,42). The summed E-state index contributed by atoms with van der Waals surface area (Å²) in [5.41, 5.74) is 3.80. The molecule has 0 bridgehead atoms. The first-order valence-corrected chi connectivity index (χ1v) is 14.5. The van der Waals surface area contributed by atoms with Gasteiger partial charge in [0.1, 0.15) is 6.04 Å². The number of nitrogens with zero attached hydrogens (tertiary/aromatic N) is 1. The molecular weight excluding hydrogens is 532 g/mol. The molecule has 1 amide bonds. The number of carboxylic acid groups (broad SMARTS) is 1. The minimum Gasteiger partial charge on any atom is -0.481 e. The van der Waals surface area contributed by atoms with Gasteiger partial charge in [-0.3, -0.25) is 9.59 Å². The quantitative estimate of drug-likeness (QED) is 0.201. The van der Waals surface area contributed by atoms with Gasteiger partial charge in [0.2, 0.25) is 5.91 Å². The fraction of sp³-hybridized carbons (Fsp3) is 0.105. The van der Waals surface area contributed by atoms with Crippen molar-refractivity contribution in [1.82, 2.24) is 4.90 Å². The number of nitrogens with one attached hydrogen (secondary N) is 1. The Morgan fingerprint density at radius 3 is 2.26 bits per heavy atom. The van der Waals surface area contributed by atoms with E-state index in [1.165, 1.54) is 26.9 Å². The number of hydrogen-bond donors (Lipinski definition) is 2. The Balaban J connectivity index is 1.37. The summed E-state index contributed by atoms with van der Waals surface area (Å²) in [5, 5.41) is 20.1. The van der Waals surface area contributed by atoms with Gasteiger partial charge in [-0.15, -0.1) is 0 Å². The molecule has 2 N–H and O–H groups in total. The number of carboxylic acids is 1. The molecule has 2 unspecified atom stereocenters. The zero-order chi connectivity index (χ0) is 29.3. The van der Waals surface area contributed by atoms with Crippen LogP contribution in [0.15, 0.2) is 128 Å². The van der Waals surface area contributed by atoms with Crippen molar-refractivity contribution in [3.63, 3.8) is 0 Å². The predicted molar refractivity (Wildman–Crippen MR) is 174 cm³/mol. The second-order valence-electron chi connectivity index (χ2n) is 11.0. The average Bonchev–Trinajstić information content (AvgIpc) is 3.14. The van der Waals surface area contributed by atoms with E-state index in [0.29, 0.717) is 6.42 Å². The topological polar surface area (TPSA) is 69.6 Å². The predicted octanol–water partition coefficient (Wildman–Crippen LogP) is 8.20. The molecule has 0 saturated heterocycles. The number of carbonyl (C=O) groups is 2. The number of fused-ring (bicyclic) bond motifs is 6. The van der Waals surface area contributed by atoms with Crippen molar-refractivity contribution < 1.29 is 14.7 Å². The van der Waals surface area contributed by atoms with Crippen molar-refractivity contribution in [2.75, 3.05) is 5.32 Å². The van der Waals surface area contributed by atoms with E-state index in [0.717, 1.165) is 27.8 Å². The fourth-order valence-electron chi connectivity index (χ4n) is 6.39. The van der Waals surface area contributed by atoms with Crippen molar-refractivity contribution in [2.24, 2.45) is 0 Å². The minimum atomic E-state index is -1.03. The molecule has 43 heavy (non-hydrogen) atoms. The molecule has 0 saturated carbocycles. The lowest BCUT2D eigenvalue weighted by molar-refractivity contribution is -0.141. The Kier molecular flexibility index (Phi) is 6.84. The van der Waals surface area contributed by atoms with Crippen molar-refractivity contribution in [3.8, 4) is 0 Å². The number of anilines is 1. The lowest BCUT2D eigenvalue weighted by Gasteiger charge is -2.29. The van der Waals surface area contributed by atoms with E-state index in [9.17, 15) is 14.7 Å². The lowest BCUT2D eigenvalue weighted by Crippen LogP contribution is -2.41. The second kappa shape index (κ2) is 11.1. The molecule has 1 aliphatic rings. The summed E-state index contributed by atoms with van der Waals surface area (Å²) in [5.74, 6) is -1.30. The largest absolute Gasteiger partial charge is 0.481 e. The summed E-state index contributed by atoms with van der Waals surface area (Å²) in [4.78, 5) is 27.6. The van der Waals surface area contributed by atoms with Gasteiger partial charge in [-0.05, 0) is 67.6 Å². The third kappa shape index (κ3) is 4.99. The first-order valence-electron chi connectivity index (χ1n) is 14.5. The Hall–Kier alpha value is -5.42. The van der Waals surface area contributed by atoms with Crippen LogP contribution >= 0.6 is 0 Å². The summed E-state index contributed by atoms with van der Waals surface area (Å²) < 4.78 is 0. The Bertz CT molecular complexity index is 2030. The molecule has 7 rings (SSSR count). The number of aliphatic carboxylic acids is 1. The van der Waals surface area contributed by atoms with Crippen LogP contribution in [0.1, 0.15) is 29.2 Å². The highest BCUT2D eigenvalue weighted by molar-refractivity contribution is 6.17. The summed E-state index contributed by atoms with van der Waals surface area (Å²) in [6.45, 7) is 0. The van der Waals surface area contributed by atoms with Crippen LogP contribution in [-0.4, -0.2) is 27.9 Å². The van der Waals surface area contributed by atoms with Crippen LogP contribution in [0.4, 0.5) is 5.69 Å². The molecule has 6 aromatic carbocycles. The van der Waals surface area contributed by atoms with Crippen LogP contribution in [0.5, 0.6) is 0 Å². The number of para-hydroxylation sites is 1. The smallest absolute Gasteiger partial charge is 0.305 e. The van der Waals surface area contributed by atoms with Crippen LogP contribution < -0.4 is 5.32 Å². The summed E-state index contributed by atoms with van der Waals surface area (Å²) in [7, 11) is 0.